The molecule has 0 spiro atoms. The summed E-state index contributed by atoms with van der Waals surface area (Å²) in [5.41, 5.74) is 2.29. The Balaban J connectivity index is 1.22. The normalized spacial score (nSPS) is 11.2. The molecule has 5 aromatic rings. The molecular formula is C23H17FN4O4S2. The molecule has 8 nitrogen and oxygen atoms in total. The first kappa shape index (κ1) is 22.1. The molecule has 172 valence electrons. The Morgan fingerprint density at radius 1 is 1.18 bits per heavy atom. The SMILES string of the molecule is Cc1cc2nc(CSc3nc4ccc(NC(=O)COc5ccc(F)cc5)cc4s3)cc(=O)n2o1. The lowest BCUT2D eigenvalue weighted by Crippen LogP contribution is -2.20. The summed E-state index contributed by atoms with van der Waals surface area (Å²) in [5, 5.41) is 2.79. The van der Waals surface area contributed by atoms with Crippen LogP contribution in [0.3, 0.4) is 0 Å². The Kier molecular flexibility index (Phi) is 6.03. The lowest BCUT2D eigenvalue weighted by Gasteiger charge is -2.07. The first-order chi connectivity index (χ1) is 16.4. The lowest BCUT2D eigenvalue weighted by atomic mass is 10.3. The van der Waals surface area contributed by atoms with Crippen LogP contribution in [-0.4, -0.2) is 27.1 Å². The van der Waals surface area contributed by atoms with Gasteiger partial charge in [-0.05, 0) is 49.4 Å². The van der Waals surface area contributed by atoms with Crippen LogP contribution >= 0.6 is 23.1 Å². The van der Waals surface area contributed by atoms with Crippen molar-refractivity contribution >= 4 is 50.6 Å². The molecule has 0 aliphatic rings. The summed E-state index contributed by atoms with van der Waals surface area (Å²) >= 11 is 2.97. The molecule has 5 rings (SSSR count). The highest BCUT2D eigenvalue weighted by Gasteiger charge is 2.11. The van der Waals surface area contributed by atoms with Crippen LogP contribution in [0.5, 0.6) is 5.75 Å². The largest absolute Gasteiger partial charge is 0.484 e. The molecule has 34 heavy (non-hydrogen) atoms. The minimum Gasteiger partial charge on any atom is -0.484 e. The van der Waals surface area contributed by atoms with E-state index >= 15 is 0 Å². The van der Waals surface area contributed by atoms with Gasteiger partial charge in [-0.25, -0.2) is 14.4 Å². The fourth-order valence-electron chi connectivity index (χ4n) is 3.20. The Morgan fingerprint density at radius 2 is 2.00 bits per heavy atom. The monoisotopic (exact) mass is 496 g/mol. The van der Waals surface area contributed by atoms with Gasteiger partial charge in [-0.1, -0.05) is 11.8 Å². The number of carbonyl (C=O) groups excluding carboxylic acids is 1. The van der Waals surface area contributed by atoms with Gasteiger partial charge in [-0.2, -0.15) is 0 Å². The smallest absolute Gasteiger partial charge is 0.287 e. The van der Waals surface area contributed by atoms with Gasteiger partial charge < -0.3 is 14.6 Å². The van der Waals surface area contributed by atoms with E-state index in [1.807, 2.05) is 12.1 Å². The van der Waals surface area contributed by atoms with Crippen molar-refractivity contribution in [2.45, 2.75) is 17.0 Å². The fraction of sp³-hybridized carbons (Fsp3) is 0.130. The first-order valence-corrected chi connectivity index (χ1v) is 11.9. The number of hydrogen-bond donors (Lipinski definition) is 1. The molecule has 0 atom stereocenters. The molecule has 1 N–H and O–H groups in total. The van der Waals surface area contributed by atoms with E-state index in [0.717, 1.165) is 14.6 Å². The van der Waals surface area contributed by atoms with Crippen molar-refractivity contribution in [1.29, 1.82) is 0 Å². The van der Waals surface area contributed by atoms with Crippen molar-refractivity contribution in [2.75, 3.05) is 11.9 Å². The zero-order chi connectivity index (χ0) is 23.7. The second-order valence-corrected chi connectivity index (χ2v) is 9.58. The van der Waals surface area contributed by atoms with E-state index in [1.165, 1.54) is 58.0 Å². The number of halogens is 1. The molecule has 0 aliphatic carbocycles. The number of nitrogens with zero attached hydrogens (tertiary/aromatic N) is 3. The predicted octanol–water partition coefficient (Wildman–Crippen LogP) is 4.65. The zero-order valence-corrected chi connectivity index (χ0v) is 19.4. The summed E-state index contributed by atoms with van der Waals surface area (Å²) in [6.45, 7) is 1.57. The number of thiazole rings is 1. The number of aromatic nitrogens is 3. The number of thioether (sulfide) groups is 1. The van der Waals surface area contributed by atoms with Crippen LogP contribution in [0.15, 0.2) is 68.3 Å². The molecule has 0 aliphatic heterocycles. The number of fused-ring (bicyclic) bond motifs is 2. The number of benzene rings is 2. The van der Waals surface area contributed by atoms with Crippen molar-refractivity contribution in [3.8, 4) is 5.75 Å². The van der Waals surface area contributed by atoms with Crippen molar-refractivity contribution in [1.82, 2.24) is 14.5 Å². The van der Waals surface area contributed by atoms with Crippen LogP contribution in [0.25, 0.3) is 15.9 Å². The maximum atomic E-state index is 13.0. The number of amides is 1. The molecule has 0 saturated carbocycles. The molecule has 0 fully saturated rings. The Hall–Kier alpha value is -3.70. The van der Waals surface area contributed by atoms with Crippen LogP contribution in [0.4, 0.5) is 10.1 Å². The van der Waals surface area contributed by atoms with Crippen molar-refractivity contribution in [3.05, 3.63) is 82.2 Å². The van der Waals surface area contributed by atoms with Gasteiger partial charge in [-0.15, -0.1) is 15.9 Å². The molecule has 2 aromatic carbocycles. The summed E-state index contributed by atoms with van der Waals surface area (Å²) in [6, 6.07) is 14.1. The van der Waals surface area contributed by atoms with Gasteiger partial charge in [0, 0.05) is 23.6 Å². The average molecular weight is 497 g/mol. The van der Waals surface area contributed by atoms with E-state index in [0.29, 0.717) is 34.3 Å². The third-order valence-corrected chi connectivity index (χ3v) is 6.90. The van der Waals surface area contributed by atoms with Crippen LogP contribution < -0.4 is 15.6 Å². The Morgan fingerprint density at radius 3 is 2.82 bits per heavy atom. The highest BCUT2D eigenvalue weighted by molar-refractivity contribution is 8.00. The molecule has 3 heterocycles. The second kappa shape index (κ2) is 9.27. The minimum atomic E-state index is -0.369. The van der Waals surface area contributed by atoms with Crippen LogP contribution in [0.1, 0.15) is 11.5 Å². The zero-order valence-electron chi connectivity index (χ0n) is 17.8. The highest BCUT2D eigenvalue weighted by Crippen LogP contribution is 2.32. The molecule has 3 aromatic heterocycles. The lowest BCUT2D eigenvalue weighted by molar-refractivity contribution is -0.118. The summed E-state index contributed by atoms with van der Waals surface area (Å²) in [5.74, 6) is 0.817. The molecular weight excluding hydrogens is 479 g/mol. The van der Waals surface area contributed by atoms with Gasteiger partial charge in [0.2, 0.25) is 0 Å². The maximum absolute atomic E-state index is 13.0. The van der Waals surface area contributed by atoms with E-state index in [-0.39, 0.29) is 23.9 Å². The third-order valence-electron chi connectivity index (χ3n) is 4.70. The number of carbonyl (C=O) groups is 1. The third kappa shape index (κ3) is 4.95. The van der Waals surface area contributed by atoms with Gasteiger partial charge in [0.1, 0.15) is 17.3 Å². The minimum absolute atomic E-state index is 0.193. The topological polar surface area (TPSA) is 98.7 Å². The molecule has 0 radical (unpaired) electrons. The average Bonchev–Trinajstić information content (AvgIpc) is 3.39. The second-order valence-electron chi connectivity index (χ2n) is 7.33. The van der Waals surface area contributed by atoms with Gasteiger partial charge in [0.05, 0.1) is 15.9 Å². The van der Waals surface area contributed by atoms with Gasteiger partial charge in [0.25, 0.3) is 11.5 Å². The quantitative estimate of drug-likeness (QED) is 0.327. The molecule has 11 heteroatoms. The van der Waals surface area contributed by atoms with Crippen molar-refractivity contribution in [2.24, 2.45) is 0 Å². The van der Waals surface area contributed by atoms with Gasteiger partial charge in [0.15, 0.2) is 16.6 Å². The molecule has 1 amide bonds. The summed E-state index contributed by atoms with van der Waals surface area (Å²) < 4.78 is 26.5. The van der Waals surface area contributed by atoms with Crippen LogP contribution in [0, 0.1) is 12.7 Å². The van der Waals surface area contributed by atoms with E-state index in [2.05, 4.69) is 15.3 Å². The number of aryl methyl sites for hydroxylation is 1. The predicted molar refractivity (Wildman–Crippen MR) is 128 cm³/mol. The number of anilines is 1. The maximum Gasteiger partial charge on any atom is 0.287 e. The van der Waals surface area contributed by atoms with E-state index in [4.69, 9.17) is 9.26 Å². The summed E-state index contributed by atoms with van der Waals surface area (Å²) in [6.07, 6.45) is 0. The van der Waals surface area contributed by atoms with E-state index in [1.54, 1.807) is 19.1 Å². The Labute approximate surface area is 200 Å². The van der Waals surface area contributed by atoms with E-state index in [9.17, 15) is 14.0 Å². The molecule has 0 saturated heterocycles. The van der Waals surface area contributed by atoms with Gasteiger partial charge in [-0.3, -0.25) is 9.59 Å². The highest BCUT2D eigenvalue weighted by atomic mass is 32.2. The van der Waals surface area contributed by atoms with Crippen LogP contribution in [0.2, 0.25) is 0 Å². The van der Waals surface area contributed by atoms with Crippen LogP contribution in [-0.2, 0) is 10.5 Å². The summed E-state index contributed by atoms with van der Waals surface area (Å²) in [7, 11) is 0. The van der Waals surface area contributed by atoms with Crippen molar-refractivity contribution in [3.63, 3.8) is 0 Å². The van der Waals surface area contributed by atoms with E-state index < -0.39 is 0 Å². The number of ether oxygens (including phenoxy) is 1. The molecule has 0 unspecified atom stereocenters. The fourth-order valence-corrected chi connectivity index (χ4v) is 5.20. The Bertz CT molecular complexity index is 1560. The van der Waals surface area contributed by atoms with Gasteiger partial charge >= 0.3 is 0 Å². The summed E-state index contributed by atoms with van der Waals surface area (Å²) in [4.78, 5) is 33.5. The number of rotatable bonds is 7. The number of nitrogens with one attached hydrogen (secondary N) is 1. The number of hydrogen-bond acceptors (Lipinski definition) is 8. The standard InChI is InChI=1S/C23H17FN4O4S2/c1-13-8-20-25-16(10-22(30)28(20)32-13)12-33-23-27-18-7-4-15(9-19(18)34-23)26-21(29)11-31-17-5-2-14(24)3-6-17/h2-10H,11-12H2,1H3,(H,26,29). The molecule has 0 bridgehead atoms. The first-order valence-electron chi connectivity index (χ1n) is 10.1. The van der Waals surface area contributed by atoms with Crippen molar-refractivity contribution < 1.29 is 18.4 Å².